The number of anilines is 1. The summed E-state index contributed by atoms with van der Waals surface area (Å²) in [5, 5.41) is 6.79. The molecule has 152 valence electrons. The number of thioether (sulfide) groups is 1. The summed E-state index contributed by atoms with van der Waals surface area (Å²) in [5.41, 5.74) is 2.26. The van der Waals surface area contributed by atoms with E-state index in [2.05, 4.69) is 15.6 Å². The Kier molecular flexibility index (Phi) is 5.51. The minimum atomic E-state index is -2.97. The molecule has 1 amide bonds. The van der Waals surface area contributed by atoms with Crippen molar-refractivity contribution in [1.29, 1.82) is 0 Å². The van der Waals surface area contributed by atoms with Gasteiger partial charge in [-0.1, -0.05) is 30.0 Å². The minimum absolute atomic E-state index is 0.0153. The third-order valence-corrected chi connectivity index (χ3v) is 7.95. The second kappa shape index (κ2) is 8.08. The van der Waals surface area contributed by atoms with Crippen LogP contribution in [0, 0.1) is 0 Å². The highest BCUT2D eigenvalue weighted by atomic mass is 32.2. The second-order valence-corrected chi connectivity index (χ2v) is 10.4. The largest absolute Gasteiger partial charge is 0.497 e. The van der Waals surface area contributed by atoms with Crippen molar-refractivity contribution in [3.05, 3.63) is 59.7 Å². The normalized spacial score (nSPS) is 21.9. The SMILES string of the molecule is COc1ccc(CNC(=O)c2cccc(NC3=N[C@H]4CS(=O)(=O)C[C@H]4S3)c2)cc1. The first-order valence-electron chi connectivity index (χ1n) is 9.15. The highest BCUT2D eigenvalue weighted by Gasteiger charge is 2.42. The fraction of sp³-hybridized carbons (Fsp3) is 0.300. The van der Waals surface area contributed by atoms with Crippen molar-refractivity contribution in [2.45, 2.75) is 17.8 Å². The molecule has 2 heterocycles. The number of carbonyl (C=O) groups excluding carboxylic acids is 1. The van der Waals surface area contributed by atoms with Crippen molar-refractivity contribution >= 4 is 38.4 Å². The summed E-state index contributed by atoms with van der Waals surface area (Å²) in [4.78, 5) is 17.0. The minimum Gasteiger partial charge on any atom is -0.497 e. The van der Waals surface area contributed by atoms with E-state index in [4.69, 9.17) is 4.74 Å². The molecule has 7 nitrogen and oxygen atoms in total. The quantitative estimate of drug-likeness (QED) is 0.754. The van der Waals surface area contributed by atoms with Crippen LogP contribution in [-0.4, -0.2) is 49.4 Å². The van der Waals surface area contributed by atoms with Crippen LogP contribution >= 0.6 is 11.8 Å². The van der Waals surface area contributed by atoms with Crippen LogP contribution in [0.2, 0.25) is 0 Å². The Balaban J connectivity index is 1.36. The predicted molar refractivity (Wildman–Crippen MR) is 115 cm³/mol. The lowest BCUT2D eigenvalue weighted by atomic mass is 10.1. The topological polar surface area (TPSA) is 96.9 Å². The maximum atomic E-state index is 12.5. The van der Waals surface area contributed by atoms with E-state index in [1.54, 1.807) is 25.3 Å². The van der Waals surface area contributed by atoms with Gasteiger partial charge in [-0.15, -0.1) is 0 Å². The van der Waals surface area contributed by atoms with Gasteiger partial charge in [-0.2, -0.15) is 0 Å². The predicted octanol–water partition coefficient (Wildman–Crippen LogP) is 2.31. The van der Waals surface area contributed by atoms with Gasteiger partial charge in [0, 0.05) is 23.0 Å². The molecule has 9 heteroatoms. The third-order valence-electron chi connectivity index (χ3n) is 4.81. The zero-order valence-electron chi connectivity index (χ0n) is 15.8. The van der Waals surface area contributed by atoms with Gasteiger partial charge in [0.05, 0.1) is 24.7 Å². The monoisotopic (exact) mass is 431 g/mol. The van der Waals surface area contributed by atoms with Gasteiger partial charge in [0.1, 0.15) is 5.75 Å². The molecule has 2 aromatic carbocycles. The first-order valence-corrected chi connectivity index (χ1v) is 11.8. The van der Waals surface area contributed by atoms with Crippen molar-refractivity contribution < 1.29 is 17.9 Å². The molecule has 0 spiro atoms. The zero-order valence-corrected chi connectivity index (χ0v) is 17.4. The molecule has 2 aliphatic rings. The molecule has 1 fully saturated rings. The highest BCUT2D eigenvalue weighted by Crippen LogP contribution is 2.34. The molecular weight excluding hydrogens is 410 g/mol. The molecule has 29 heavy (non-hydrogen) atoms. The molecule has 2 aliphatic heterocycles. The van der Waals surface area contributed by atoms with Gasteiger partial charge in [0.15, 0.2) is 15.0 Å². The molecule has 0 radical (unpaired) electrons. The number of methoxy groups -OCH3 is 1. The molecule has 4 rings (SSSR count). The van der Waals surface area contributed by atoms with Gasteiger partial charge in [-0.3, -0.25) is 9.79 Å². The first-order chi connectivity index (χ1) is 13.9. The zero-order chi connectivity index (χ0) is 20.4. The van der Waals surface area contributed by atoms with Crippen LogP contribution in [0.15, 0.2) is 53.5 Å². The summed E-state index contributed by atoms with van der Waals surface area (Å²) >= 11 is 1.45. The lowest BCUT2D eigenvalue weighted by molar-refractivity contribution is 0.0951. The maximum Gasteiger partial charge on any atom is 0.251 e. The lowest BCUT2D eigenvalue weighted by Gasteiger charge is -2.10. The van der Waals surface area contributed by atoms with Crippen LogP contribution in [0.3, 0.4) is 0 Å². The molecule has 2 N–H and O–H groups in total. The summed E-state index contributed by atoms with van der Waals surface area (Å²) in [6.07, 6.45) is 0. The van der Waals surface area contributed by atoms with E-state index in [1.165, 1.54) is 11.8 Å². The number of benzene rings is 2. The number of fused-ring (bicyclic) bond motifs is 1. The van der Waals surface area contributed by atoms with Gasteiger partial charge in [0.2, 0.25) is 0 Å². The van der Waals surface area contributed by atoms with Crippen LogP contribution in [0.1, 0.15) is 15.9 Å². The average molecular weight is 432 g/mol. The van der Waals surface area contributed by atoms with E-state index in [0.29, 0.717) is 17.3 Å². The molecule has 0 bridgehead atoms. The number of hydrogen-bond acceptors (Lipinski definition) is 7. The van der Waals surface area contributed by atoms with Crippen molar-refractivity contribution in [3.63, 3.8) is 0 Å². The smallest absolute Gasteiger partial charge is 0.251 e. The van der Waals surface area contributed by atoms with E-state index >= 15 is 0 Å². The summed E-state index contributed by atoms with van der Waals surface area (Å²) < 4.78 is 28.5. The molecular formula is C20H21N3O4S2. The van der Waals surface area contributed by atoms with E-state index in [9.17, 15) is 13.2 Å². The number of nitrogens with zero attached hydrogens (tertiary/aromatic N) is 1. The van der Waals surface area contributed by atoms with Gasteiger partial charge in [-0.25, -0.2) is 8.42 Å². The number of ether oxygens (including phenoxy) is 1. The van der Waals surface area contributed by atoms with Crippen LogP contribution in [0.4, 0.5) is 5.69 Å². The highest BCUT2D eigenvalue weighted by molar-refractivity contribution is 8.15. The summed E-state index contributed by atoms with van der Waals surface area (Å²) in [6, 6.07) is 14.5. The summed E-state index contributed by atoms with van der Waals surface area (Å²) in [6.45, 7) is 0.418. The Labute approximate surface area is 173 Å². The Hall–Kier alpha value is -2.52. The molecule has 1 saturated heterocycles. The molecule has 0 unspecified atom stereocenters. The van der Waals surface area contributed by atoms with Crippen LogP contribution in [0.25, 0.3) is 0 Å². The van der Waals surface area contributed by atoms with E-state index in [-0.39, 0.29) is 28.7 Å². The van der Waals surface area contributed by atoms with E-state index in [1.807, 2.05) is 30.3 Å². The third kappa shape index (κ3) is 4.73. The van der Waals surface area contributed by atoms with Crippen LogP contribution in [0.5, 0.6) is 5.75 Å². The van der Waals surface area contributed by atoms with E-state index < -0.39 is 9.84 Å². The van der Waals surface area contributed by atoms with E-state index in [0.717, 1.165) is 17.0 Å². The van der Waals surface area contributed by atoms with Crippen molar-refractivity contribution in [1.82, 2.24) is 5.32 Å². The Bertz CT molecular complexity index is 1050. The molecule has 0 aromatic heterocycles. The molecule has 2 aromatic rings. The number of nitrogens with one attached hydrogen (secondary N) is 2. The van der Waals surface area contributed by atoms with Crippen molar-refractivity contribution in [2.24, 2.45) is 4.99 Å². The van der Waals surface area contributed by atoms with Crippen molar-refractivity contribution in [2.75, 3.05) is 23.9 Å². The molecule has 0 saturated carbocycles. The Morgan fingerprint density at radius 1 is 1.21 bits per heavy atom. The van der Waals surface area contributed by atoms with Gasteiger partial charge in [0.25, 0.3) is 5.91 Å². The van der Waals surface area contributed by atoms with Gasteiger partial charge < -0.3 is 15.4 Å². The molecule has 2 atom stereocenters. The van der Waals surface area contributed by atoms with Crippen LogP contribution < -0.4 is 15.4 Å². The standard InChI is InChI=1S/C20H21N3O4S2/c1-27-16-7-5-13(6-8-16)10-21-19(24)14-3-2-4-15(9-14)22-20-23-17-11-29(25,26)12-18(17)28-20/h2-9,17-18H,10-12H2,1H3,(H,21,24)(H,22,23)/t17-,18+/m0/s1. The number of rotatable bonds is 5. The number of aliphatic imine (C=N–C) groups is 1. The fourth-order valence-electron chi connectivity index (χ4n) is 3.31. The Morgan fingerprint density at radius 2 is 2.00 bits per heavy atom. The fourth-order valence-corrected chi connectivity index (χ4v) is 6.98. The lowest BCUT2D eigenvalue weighted by Crippen LogP contribution is -2.23. The second-order valence-electron chi connectivity index (χ2n) is 6.97. The maximum absolute atomic E-state index is 12.5. The average Bonchev–Trinajstić information content (AvgIpc) is 3.19. The molecule has 0 aliphatic carbocycles. The summed E-state index contributed by atoms with van der Waals surface area (Å²) in [7, 11) is -1.36. The number of carbonyl (C=O) groups is 1. The number of sulfone groups is 1. The number of amides is 1. The van der Waals surface area contributed by atoms with Gasteiger partial charge in [-0.05, 0) is 35.9 Å². The van der Waals surface area contributed by atoms with Gasteiger partial charge >= 0.3 is 0 Å². The van der Waals surface area contributed by atoms with Crippen molar-refractivity contribution in [3.8, 4) is 5.75 Å². The number of hydrogen-bond donors (Lipinski definition) is 2. The first kappa shape index (κ1) is 19.8. The van der Waals surface area contributed by atoms with Crippen LogP contribution in [-0.2, 0) is 16.4 Å². The Morgan fingerprint density at radius 3 is 2.72 bits per heavy atom. The summed E-state index contributed by atoms with van der Waals surface area (Å²) in [5.74, 6) is 0.885. The number of amidine groups is 1.